The first-order valence-electron chi connectivity index (χ1n) is 11.3. The Labute approximate surface area is 195 Å². The second-order valence-corrected chi connectivity index (χ2v) is 9.00. The SMILES string of the molecule is CC(C)Cn1c(=O)n(C)c(=O)c2c(-c3cccc(F)c3)n(Cc3cccc4ccccc34)nc21. The summed E-state index contributed by atoms with van der Waals surface area (Å²) in [5.41, 5.74) is 1.52. The lowest BCUT2D eigenvalue weighted by molar-refractivity contribution is 0.498. The highest BCUT2D eigenvalue weighted by atomic mass is 19.1. The van der Waals surface area contributed by atoms with Crippen LogP contribution in [0.5, 0.6) is 0 Å². The smallest absolute Gasteiger partial charge is 0.276 e. The Hall–Kier alpha value is -4.00. The lowest BCUT2D eigenvalue weighted by Crippen LogP contribution is -2.38. The monoisotopic (exact) mass is 456 g/mol. The van der Waals surface area contributed by atoms with Gasteiger partial charge in [0.25, 0.3) is 5.56 Å². The van der Waals surface area contributed by atoms with Crippen LogP contribution in [-0.4, -0.2) is 18.9 Å². The zero-order valence-corrected chi connectivity index (χ0v) is 19.3. The van der Waals surface area contributed by atoms with Crippen molar-refractivity contribution < 1.29 is 4.39 Å². The maximum absolute atomic E-state index is 14.3. The van der Waals surface area contributed by atoms with Gasteiger partial charge in [0.1, 0.15) is 11.2 Å². The molecule has 172 valence electrons. The second-order valence-electron chi connectivity index (χ2n) is 9.00. The van der Waals surface area contributed by atoms with E-state index >= 15 is 0 Å². The van der Waals surface area contributed by atoms with Crippen molar-refractivity contribution in [2.75, 3.05) is 0 Å². The van der Waals surface area contributed by atoms with E-state index in [-0.39, 0.29) is 5.92 Å². The number of benzene rings is 3. The van der Waals surface area contributed by atoms with Crippen molar-refractivity contribution >= 4 is 21.8 Å². The molecule has 0 unspecified atom stereocenters. The predicted molar refractivity (Wildman–Crippen MR) is 133 cm³/mol. The standard InChI is InChI=1S/C27H25FN4O2/c1-17(2)15-31-25-23(26(33)30(3)27(31)34)24(19-10-7-12-21(28)14-19)32(29-25)16-20-11-6-9-18-8-4-5-13-22(18)20/h4-14,17H,15-16H2,1-3H3. The molecule has 0 spiro atoms. The molecule has 0 amide bonds. The third-order valence-electron chi connectivity index (χ3n) is 6.07. The second kappa shape index (κ2) is 8.41. The van der Waals surface area contributed by atoms with Crippen LogP contribution in [0.1, 0.15) is 19.4 Å². The summed E-state index contributed by atoms with van der Waals surface area (Å²) in [5.74, 6) is -0.241. The summed E-state index contributed by atoms with van der Waals surface area (Å²) in [5, 5.41) is 7.26. The van der Waals surface area contributed by atoms with Gasteiger partial charge < -0.3 is 0 Å². The van der Waals surface area contributed by atoms with Gasteiger partial charge in [-0.15, -0.1) is 0 Å². The molecular weight excluding hydrogens is 431 g/mol. The van der Waals surface area contributed by atoms with E-state index in [1.165, 1.54) is 19.2 Å². The van der Waals surface area contributed by atoms with Crippen LogP contribution in [0.4, 0.5) is 4.39 Å². The molecule has 0 saturated heterocycles. The zero-order chi connectivity index (χ0) is 24.0. The highest BCUT2D eigenvalue weighted by Gasteiger charge is 2.23. The number of aromatic nitrogens is 4. The van der Waals surface area contributed by atoms with Crippen LogP contribution in [0.2, 0.25) is 0 Å². The van der Waals surface area contributed by atoms with Crippen molar-refractivity contribution in [2.45, 2.75) is 26.9 Å². The molecule has 7 heteroatoms. The summed E-state index contributed by atoms with van der Waals surface area (Å²) in [6, 6.07) is 20.2. The van der Waals surface area contributed by atoms with Crippen LogP contribution in [0.25, 0.3) is 33.1 Å². The summed E-state index contributed by atoms with van der Waals surface area (Å²) in [7, 11) is 1.47. The number of hydrogen-bond acceptors (Lipinski definition) is 3. The molecule has 0 atom stereocenters. The van der Waals surface area contributed by atoms with Gasteiger partial charge in [-0.3, -0.25) is 18.6 Å². The first kappa shape index (κ1) is 21.8. The molecule has 0 saturated carbocycles. The maximum Gasteiger partial charge on any atom is 0.332 e. The first-order valence-corrected chi connectivity index (χ1v) is 11.3. The molecule has 0 aliphatic rings. The fourth-order valence-corrected chi connectivity index (χ4v) is 4.53. The van der Waals surface area contributed by atoms with E-state index in [0.717, 1.165) is 20.9 Å². The molecule has 0 radical (unpaired) electrons. The molecule has 34 heavy (non-hydrogen) atoms. The van der Waals surface area contributed by atoms with Gasteiger partial charge >= 0.3 is 5.69 Å². The third-order valence-corrected chi connectivity index (χ3v) is 6.07. The number of fused-ring (bicyclic) bond motifs is 2. The quantitative estimate of drug-likeness (QED) is 0.390. The Kier molecular flexibility index (Phi) is 5.40. The van der Waals surface area contributed by atoms with Crippen LogP contribution in [-0.2, 0) is 20.1 Å². The fraction of sp³-hybridized carbons (Fsp3) is 0.222. The lowest BCUT2D eigenvalue weighted by Gasteiger charge is -2.11. The highest BCUT2D eigenvalue weighted by Crippen LogP contribution is 2.29. The molecule has 5 aromatic rings. The van der Waals surface area contributed by atoms with Crippen LogP contribution >= 0.6 is 0 Å². The summed E-state index contributed by atoms with van der Waals surface area (Å²) in [6.07, 6.45) is 0. The molecule has 5 rings (SSSR count). The van der Waals surface area contributed by atoms with Gasteiger partial charge in [0.15, 0.2) is 5.65 Å². The molecule has 3 aromatic carbocycles. The number of halogens is 1. The Morgan fingerprint density at radius 1 is 0.971 bits per heavy atom. The van der Waals surface area contributed by atoms with Gasteiger partial charge in [-0.2, -0.15) is 5.10 Å². The van der Waals surface area contributed by atoms with Gasteiger partial charge in [-0.25, -0.2) is 9.18 Å². The Balaban J connectivity index is 1.85. The van der Waals surface area contributed by atoms with Crippen LogP contribution in [0.3, 0.4) is 0 Å². The van der Waals surface area contributed by atoms with Gasteiger partial charge in [-0.1, -0.05) is 68.4 Å². The third kappa shape index (κ3) is 3.63. The molecule has 2 heterocycles. The summed E-state index contributed by atoms with van der Waals surface area (Å²) in [6.45, 7) is 4.78. The summed E-state index contributed by atoms with van der Waals surface area (Å²) < 4.78 is 18.6. The van der Waals surface area contributed by atoms with E-state index in [1.54, 1.807) is 21.4 Å². The Bertz CT molecular complexity index is 1650. The van der Waals surface area contributed by atoms with Crippen molar-refractivity contribution in [1.29, 1.82) is 0 Å². The molecular formula is C27H25FN4O2. The minimum Gasteiger partial charge on any atom is -0.276 e. The van der Waals surface area contributed by atoms with E-state index in [4.69, 9.17) is 5.10 Å². The molecule has 0 fully saturated rings. The zero-order valence-electron chi connectivity index (χ0n) is 19.3. The summed E-state index contributed by atoms with van der Waals surface area (Å²) in [4.78, 5) is 26.3. The molecule has 0 bridgehead atoms. The lowest BCUT2D eigenvalue weighted by atomic mass is 10.0. The van der Waals surface area contributed by atoms with Crippen molar-refractivity contribution in [3.05, 3.63) is 98.9 Å². The van der Waals surface area contributed by atoms with Gasteiger partial charge in [0.2, 0.25) is 0 Å². The maximum atomic E-state index is 14.3. The Morgan fingerprint density at radius 2 is 1.71 bits per heavy atom. The largest absolute Gasteiger partial charge is 0.332 e. The average Bonchev–Trinajstić information content (AvgIpc) is 3.19. The van der Waals surface area contributed by atoms with Gasteiger partial charge in [-0.05, 0) is 34.4 Å². The van der Waals surface area contributed by atoms with Crippen LogP contribution in [0, 0.1) is 11.7 Å². The van der Waals surface area contributed by atoms with Crippen LogP contribution in [0.15, 0.2) is 76.3 Å². The van der Waals surface area contributed by atoms with E-state index in [2.05, 4.69) is 0 Å². The highest BCUT2D eigenvalue weighted by molar-refractivity contribution is 5.91. The van der Waals surface area contributed by atoms with E-state index < -0.39 is 17.1 Å². The van der Waals surface area contributed by atoms with Crippen molar-refractivity contribution in [1.82, 2.24) is 18.9 Å². The molecule has 2 aromatic heterocycles. The van der Waals surface area contributed by atoms with Crippen molar-refractivity contribution in [3.63, 3.8) is 0 Å². The minimum atomic E-state index is -0.441. The van der Waals surface area contributed by atoms with Gasteiger partial charge in [0.05, 0.1) is 12.2 Å². The molecule has 0 aliphatic carbocycles. The Morgan fingerprint density at radius 3 is 2.47 bits per heavy atom. The van der Waals surface area contributed by atoms with Crippen molar-refractivity contribution in [3.8, 4) is 11.3 Å². The normalized spacial score (nSPS) is 11.7. The van der Waals surface area contributed by atoms with Crippen molar-refractivity contribution in [2.24, 2.45) is 13.0 Å². The molecule has 6 nitrogen and oxygen atoms in total. The summed E-state index contributed by atoms with van der Waals surface area (Å²) >= 11 is 0. The van der Waals surface area contributed by atoms with E-state index in [9.17, 15) is 14.0 Å². The molecule has 0 aliphatic heterocycles. The van der Waals surface area contributed by atoms with E-state index in [0.29, 0.717) is 35.4 Å². The number of hydrogen-bond donors (Lipinski definition) is 0. The first-order chi connectivity index (χ1) is 16.3. The van der Waals surface area contributed by atoms with Crippen LogP contribution < -0.4 is 11.2 Å². The number of rotatable bonds is 5. The molecule has 0 N–H and O–H groups in total. The predicted octanol–water partition coefficient (Wildman–Crippen LogP) is 4.56. The van der Waals surface area contributed by atoms with E-state index in [1.807, 2.05) is 56.3 Å². The fourth-order valence-electron chi connectivity index (χ4n) is 4.53. The average molecular weight is 457 g/mol. The number of nitrogens with zero attached hydrogens (tertiary/aromatic N) is 4. The topological polar surface area (TPSA) is 61.8 Å². The minimum absolute atomic E-state index is 0.166. The van der Waals surface area contributed by atoms with Gasteiger partial charge in [0, 0.05) is 19.2 Å².